The van der Waals surface area contributed by atoms with Crippen molar-refractivity contribution in [2.24, 2.45) is 12.8 Å². The van der Waals surface area contributed by atoms with Gasteiger partial charge in [-0.3, -0.25) is 0 Å². The number of benzene rings is 1. The van der Waals surface area contributed by atoms with E-state index in [-0.39, 0.29) is 5.41 Å². The van der Waals surface area contributed by atoms with E-state index >= 15 is 0 Å². The molecular formula is C18H26N2. The Morgan fingerprint density at radius 2 is 1.80 bits per heavy atom. The lowest BCUT2D eigenvalue weighted by molar-refractivity contribution is 0.453. The van der Waals surface area contributed by atoms with Crippen LogP contribution in [0.1, 0.15) is 48.1 Å². The highest BCUT2D eigenvalue weighted by atomic mass is 15.0. The molecule has 1 saturated carbocycles. The van der Waals surface area contributed by atoms with Gasteiger partial charge >= 0.3 is 0 Å². The number of aryl methyl sites for hydroxylation is 3. The molecule has 1 aromatic carbocycles. The zero-order valence-electron chi connectivity index (χ0n) is 13.2. The molecule has 2 N–H and O–H groups in total. The molecule has 1 aromatic heterocycles. The Kier molecular flexibility index (Phi) is 3.17. The Hall–Kier alpha value is -1.28. The van der Waals surface area contributed by atoms with Crippen LogP contribution in [0.3, 0.4) is 0 Å². The molecule has 2 aromatic rings. The molecule has 0 saturated heterocycles. The summed E-state index contributed by atoms with van der Waals surface area (Å²) in [7, 11) is 2.20. The first-order valence-corrected chi connectivity index (χ1v) is 7.77. The Bertz CT molecular complexity index is 658. The normalized spacial score (nSPS) is 18.1. The van der Waals surface area contributed by atoms with Crippen LogP contribution in [0.2, 0.25) is 0 Å². The second-order valence-electron chi connectivity index (χ2n) is 6.69. The molecule has 0 bridgehead atoms. The molecule has 0 aliphatic heterocycles. The smallest absolute Gasteiger partial charge is 0.0512 e. The van der Waals surface area contributed by atoms with Crippen molar-refractivity contribution < 1.29 is 0 Å². The molecule has 0 amide bonds. The van der Waals surface area contributed by atoms with E-state index in [0.717, 1.165) is 6.54 Å². The van der Waals surface area contributed by atoms with Crippen LogP contribution in [-0.4, -0.2) is 11.1 Å². The maximum absolute atomic E-state index is 6.24. The molecule has 1 aliphatic rings. The van der Waals surface area contributed by atoms with Crippen LogP contribution in [-0.2, 0) is 12.5 Å². The first-order valence-electron chi connectivity index (χ1n) is 7.77. The molecule has 0 unspecified atom stereocenters. The lowest BCUT2D eigenvalue weighted by Gasteiger charge is -2.28. The minimum Gasteiger partial charge on any atom is -0.347 e. The third kappa shape index (κ3) is 1.74. The van der Waals surface area contributed by atoms with E-state index in [1.54, 1.807) is 0 Å². The van der Waals surface area contributed by atoms with Crippen molar-refractivity contribution in [2.75, 3.05) is 6.54 Å². The van der Waals surface area contributed by atoms with Gasteiger partial charge in [0, 0.05) is 30.1 Å². The minimum absolute atomic E-state index is 0.212. The van der Waals surface area contributed by atoms with E-state index in [0.29, 0.717) is 0 Å². The van der Waals surface area contributed by atoms with Gasteiger partial charge in [-0.15, -0.1) is 0 Å². The number of hydrogen-bond acceptors (Lipinski definition) is 1. The van der Waals surface area contributed by atoms with Crippen molar-refractivity contribution >= 4 is 10.9 Å². The van der Waals surface area contributed by atoms with E-state index < -0.39 is 0 Å². The molecule has 1 heterocycles. The summed E-state index contributed by atoms with van der Waals surface area (Å²) < 4.78 is 2.37. The second-order valence-corrected chi connectivity index (χ2v) is 6.69. The summed E-state index contributed by atoms with van der Waals surface area (Å²) in [6, 6.07) is 4.65. The van der Waals surface area contributed by atoms with Gasteiger partial charge in [0.2, 0.25) is 0 Å². The minimum atomic E-state index is 0.212. The highest BCUT2D eigenvalue weighted by Crippen LogP contribution is 2.46. The van der Waals surface area contributed by atoms with Gasteiger partial charge in [-0.05, 0) is 50.8 Å². The Labute approximate surface area is 122 Å². The van der Waals surface area contributed by atoms with Gasteiger partial charge < -0.3 is 10.3 Å². The fourth-order valence-corrected chi connectivity index (χ4v) is 4.40. The maximum Gasteiger partial charge on any atom is 0.0512 e. The summed E-state index contributed by atoms with van der Waals surface area (Å²) in [5.41, 5.74) is 13.5. The highest BCUT2D eigenvalue weighted by molar-refractivity contribution is 5.90. The molecule has 2 heteroatoms. The standard InChI is InChI=1S/C18H26N2/c1-12-9-13(2)17-15(10-12)16(14(3)20(17)4)18(11-19)7-5-6-8-18/h9-10H,5-8,11,19H2,1-4H3. The lowest BCUT2D eigenvalue weighted by Crippen LogP contribution is -2.32. The fraction of sp³-hybridized carbons (Fsp3) is 0.556. The Morgan fingerprint density at radius 1 is 1.15 bits per heavy atom. The molecule has 108 valence electrons. The van der Waals surface area contributed by atoms with Crippen LogP contribution < -0.4 is 5.73 Å². The first-order chi connectivity index (χ1) is 9.50. The summed E-state index contributed by atoms with van der Waals surface area (Å²) in [6.07, 6.45) is 5.13. The molecule has 2 nitrogen and oxygen atoms in total. The van der Waals surface area contributed by atoms with Crippen molar-refractivity contribution in [3.8, 4) is 0 Å². The van der Waals surface area contributed by atoms with E-state index in [9.17, 15) is 0 Å². The molecule has 3 rings (SSSR count). The fourth-order valence-electron chi connectivity index (χ4n) is 4.40. The van der Waals surface area contributed by atoms with Crippen LogP contribution in [0.4, 0.5) is 0 Å². The molecule has 0 spiro atoms. The first kappa shape index (κ1) is 13.7. The number of rotatable bonds is 2. The van der Waals surface area contributed by atoms with Crippen LogP contribution in [0.15, 0.2) is 12.1 Å². The van der Waals surface area contributed by atoms with Crippen molar-refractivity contribution in [1.82, 2.24) is 4.57 Å². The predicted molar refractivity (Wildman–Crippen MR) is 86.3 cm³/mol. The van der Waals surface area contributed by atoms with E-state index in [2.05, 4.69) is 44.5 Å². The topological polar surface area (TPSA) is 30.9 Å². The number of nitrogens with two attached hydrogens (primary N) is 1. The van der Waals surface area contributed by atoms with Gasteiger partial charge in [-0.25, -0.2) is 0 Å². The molecule has 1 aliphatic carbocycles. The average molecular weight is 270 g/mol. The van der Waals surface area contributed by atoms with Gasteiger partial charge in [0.05, 0.1) is 5.52 Å². The summed E-state index contributed by atoms with van der Waals surface area (Å²) >= 11 is 0. The van der Waals surface area contributed by atoms with Crippen LogP contribution in [0.5, 0.6) is 0 Å². The summed E-state index contributed by atoms with van der Waals surface area (Å²) in [5.74, 6) is 0. The van der Waals surface area contributed by atoms with Crippen LogP contribution >= 0.6 is 0 Å². The van der Waals surface area contributed by atoms with E-state index in [1.165, 1.54) is 59.0 Å². The molecule has 1 fully saturated rings. The van der Waals surface area contributed by atoms with Crippen molar-refractivity contribution in [2.45, 2.75) is 51.9 Å². The number of hydrogen-bond donors (Lipinski definition) is 1. The zero-order chi connectivity index (χ0) is 14.5. The number of nitrogens with zero attached hydrogens (tertiary/aromatic N) is 1. The Morgan fingerprint density at radius 3 is 2.40 bits per heavy atom. The van der Waals surface area contributed by atoms with Crippen LogP contribution in [0.25, 0.3) is 10.9 Å². The van der Waals surface area contributed by atoms with Gasteiger partial charge in [0.25, 0.3) is 0 Å². The van der Waals surface area contributed by atoms with Gasteiger partial charge in [-0.1, -0.05) is 24.5 Å². The zero-order valence-corrected chi connectivity index (χ0v) is 13.2. The highest BCUT2D eigenvalue weighted by Gasteiger charge is 2.38. The summed E-state index contributed by atoms with van der Waals surface area (Å²) in [4.78, 5) is 0. The molecule has 20 heavy (non-hydrogen) atoms. The SMILES string of the molecule is Cc1cc(C)c2c(c1)c(C1(CN)CCCC1)c(C)n2C. The van der Waals surface area contributed by atoms with Gasteiger partial charge in [0.1, 0.15) is 0 Å². The van der Waals surface area contributed by atoms with Crippen molar-refractivity contribution in [1.29, 1.82) is 0 Å². The average Bonchev–Trinajstić information content (AvgIpc) is 2.95. The molecular weight excluding hydrogens is 244 g/mol. The van der Waals surface area contributed by atoms with E-state index in [4.69, 9.17) is 5.73 Å². The summed E-state index contributed by atoms with van der Waals surface area (Å²) in [5, 5.41) is 1.44. The lowest BCUT2D eigenvalue weighted by atomic mass is 9.77. The van der Waals surface area contributed by atoms with Gasteiger partial charge in [-0.2, -0.15) is 0 Å². The maximum atomic E-state index is 6.24. The Balaban J connectivity index is 2.38. The van der Waals surface area contributed by atoms with Crippen LogP contribution in [0, 0.1) is 20.8 Å². The molecule has 0 radical (unpaired) electrons. The quantitative estimate of drug-likeness (QED) is 0.882. The number of fused-ring (bicyclic) bond motifs is 1. The number of aromatic nitrogens is 1. The third-order valence-corrected chi connectivity index (χ3v) is 5.40. The largest absolute Gasteiger partial charge is 0.347 e. The van der Waals surface area contributed by atoms with Gasteiger partial charge in [0.15, 0.2) is 0 Å². The van der Waals surface area contributed by atoms with E-state index in [1.807, 2.05) is 0 Å². The monoisotopic (exact) mass is 270 g/mol. The summed E-state index contributed by atoms with van der Waals surface area (Å²) in [6.45, 7) is 7.46. The second kappa shape index (κ2) is 4.63. The third-order valence-electron chi connectivity index (χ3n) is 5.40. The van der Waals surface area contributed by atoms with Crippen molar-refractivity contribution in [3.63, 3.8) is 0 Å². The predicted octanol–water partition coefficient (Wildman–Crippen LogP) is 3.87. The molecule has 0 atom stereocenters. The van der Waals surface area contributed by atoms with Crippen molar-refractivity contribution in [3.05, 3.63) is 34.5 Å².